The summed E-state index contributed by atoms with van der Waals surface area (Å²) in [5.41, 5.74) is 1.42. The molecule has 160 valence electrons. The third-order valence-electron chi connectivity index (χ3n) is 5.86. The van der Waals surface area contributed by atoms with E-state index in [9.17, 15) is 0 Å². The molecule has 2 aliphatic heterocycles. The highest BCUT2D eigenvalue weighted by molar-refractivity contribution is 7.71. The van der Waals surface area contributed by atoms with Crippen LogP contribution in [0.15, 0.2) is 34.3 Å². The lowest BCUT2D eigenvalue weighted by molar-refractivity contribution is 0.0936. The summed E-state index contributed by atoms with van der Waals surface area (Å²) in [6.45, 7) is 7.70. The molecule has 2 fully saturated rings. The van der Waals surface area contributed by atoms with Crippen molar-refractivity contribution in [2.45, 2.75) is 38.7 Å². The summed E-state index contributed by atoms with van der Waals surface area (Å²) in [6.07, 6.45) is 2.48. The highest BCUT2D eigenvalue weighted by atomic mass is 32.1. The molecule has 0 bridgehead atoms. The van der Waals surface area contributed by atoms with Crippen LogP contribution < -0.4 is 0 Å². The zero-order valence-corrected chi connectivity index (χ0v) is 19.4. The third kappa shape index (κ3) is 4.61. The summed E-state index contributed by atoms with van der Waals surface area (Å²) in [6, 6.07) is 6.43. The van der Waals surface area contributed by atoms with Crippen LogP contribution in [-0.4, -0.2) is 63.0 Å². The molecule has 3 aromatic rings. The monoisotopic (exact) mass is 461 g/mol. The molecule has 30 heavy (non-hydrogen) atoms. The average molecular weight is 462 g/mol. The van der Waals surface area contributed by atoms with Crippen molar-refractivity contribution in [3.63, 3.8) is 0 Å². The first-order valence-electron chi connectivity index (χ1n) is 10.6. The molecule has 2 saturated heterocycles. The molecule has 0 N–H and O–H groups in total. The van der Waals surface area contributed by atoms with Crippen molar-refractivity contribution in [1.29, 1.82) is 0 Å². The lowest BCUT2D eigenvalue weighted by atomic mass is 10.2. The van der Waals surface area contributed by atoms with E-state index in [2.05, 4.69) is 48.7 Å². The number of nitrogens with zero attached hydrogens (tertiary/aromatic N) is 5. The van der Waals surface area contributed by atoms with Gasteiger partial charge in [-0.25, -0.2) is 4.68 Å². The average Bonchev–Trinajstić information content (AvgIpc) is 3.56. The fourth-order valence-electron chi connectivity index (χ4n) is 4.20. The van der Waals surface area contributed by atoms with E-state index >= 15 is 0 Å². The van der Waals surface area contributed by atoms with E-state index in [1.165, 1.54) is 10.4 Å². The molecule has 1 atom stereocenters. The van der Waals surface area contributed by atoms with Gasteiger partial charge in [0.15, 0.2) is 10.6 Å². The van der Waals surface area contributed by atoms with Crippen LogP contribution in [0.5, 0.6) is 0 Å². The predicted octanol–water partition coefficient (Wildman–Crippen LogP) is 4.16. The molecule has 0 unspecified atom stereocenters. The van der Waals surface area contributed by atoms with E-state index in [-0.39, 0.29) is 6.10 Å². The molecule has 9 heteroatoms. The Morgan fingerprint density at radius 3 is 2.70 bits per heavy atom. The van der Waals surface area contributed by atoms with Crippen LogP contribution in [0.3, 0.4) is 0 Å². The van der Waals surface area contributed by atoms with E-state index in [0.29, 0.717) is 0 Å². The molecule has 2 aliphatic rings. The van der Waals surface area contributed by atoms with Gasteiger partial charge in [-0.2, -0.15) is 11.3 Å². The minimum absolute atomic E-state index is 0.244. The Morgan fingerprint density at radius 2 is 2.00 bits per heavy atom. The van der Waals surface area contributed by atoms with Crippen LogP contribution >= 0.6 is 34.9 Å². The predicted molar refractivity (Wildman–Crippen MR) is 125 cm³/mol. The number of hydrogen-bond acceptors (Lipinski definition) is 7. The maximum absolute atomic E-state index is 5.88. The summed E-state index contributed by atoms with van der Waals surface area (Å²) in [7, 11) is 0. The Labute approximate surface area is 190 Å². The zero-order valence-electron chi connectivity index (χ0n) is 17.0. The van der Waals surface area contributed by atoms with Gasteiger partial charge in [0.05, 0.1) is 24.2 Å². The van der Waals surface area contributed by atoms with Crippen LogP contribution in [0, 0.1) is 4.77 Å². The third-order valence-corrected chi connectivity index (χ3v) is 7.89. The summed E-state index contributed by atoms with van der Waals surface area (Å²) in [5.74, 6) is 0.974. The van der Waals surface area contributed by atoms with E-state index in [1.807, 2.05) is 4.68 Å². The molecule has 0 radical (unpaired) electrons. The summed E-state index contributed by atoms with van der Waals surface area (Å²) in [5, 5.41) is 11.4. The first kappa shape index (κ1) is 20.5. The summed E-state index contributed by atoms with van der Waals surface area (Å²) in [4.78, 5) is 6.16. The SMILES string of the molecule is S=c1n(CN2CCN(Cc3ccsc3)CC2)nc(-c2cccs2)n1C[C@@H]1CCCO1. The largest absolute Gasteiger partial charge is 0.376 e. The van der Waals surface area contributed by atoms with E-state index in [0.717, 1.165) is 76.0 Å². The Balaban J connectivity index is 1.28. The van der Waals surface area contributed by atoms with Crippen LogP contribution in [0.2, 0.25) is 0 Å². The number of aromatic nitrogens is 3. The Morgan fingerprint density at radius 1 is 1.13 bits per heavy atom. The number of rotatable bonds is 7. The molecule has 3 aromatic heterocycles. The van der Waals surface area contributed by atoms with Gasteiger partial charge in [-0.1, -0.05) is 6.07 Å². The molecule has 5 heterocycles. The standard InChI is InChI=1S/C21H27N5OS3/c28-21-25(14-18-3-1-10-27-18)20(19-4-2-11-30-19)22-26(21)16-24-8-6-23(7-9-24)13-17-5-12-29-15-17/h2,4-5,11-12,15,18H,1,3,6-10,13-14,16H2/t18-/m0/s1. The number of piperazine rings is 1. The molecule has 0 spiro atoms. The quantitative estimate of drug-likeness (QED) is 0.494. The van der Waals surface area contributed by atoms with Gasteiger partial charge in [0.25, 0.3) is 0 Å². The fraction of sp³-hybridized carbons (Fsp3) is 0.524. The second-order valence-corrected chi connectivity index (χ2v) is 10.1. The van der Waals surface area contributed by atoms with E-state index < -0.39 is 0 Å². The van der Waals surface area contributed by atoms with Crippen molar-refractivity contribution in [3.8, 4) is 10.7 Å². The van der Waals surface area contributed by atoms with E-state index in [1.54, 1.807) is 22.7 Å². The molecule has 0 amide bonds. The van der Waals surface area contributed by atoms with Gasteiger partial charge in [-0.15, -0.1) is 16.4 Å². The summed E-state index contributed by atoms with van der Waals surface area (Å²) < 4.78 is 10.9. The second-order valence-electron chi connectivity index (χ2n) is 8.00. The maximum Gasteiger partial charge on any atom is 0.199 e. The zero-order chi connectivity index (χ0) is 20.3. The van der Waals surface area contributed by atoms with Gasteiger partial charge in [0.2, 0.25) is 0 Å². The van der Waals surface area contributed by atoms with E-state index in [4.69, 9.17) is 22.1 Å². The number of hydrogen-bond donors (Lipinski definition) is 0. The fourth-order valence-corrected chi connectivity index (χ4v) is 5.83. The van der Waals surface area contributed by atoms with Crippen LogP contribution in [0.25, 0.3) is 10.7 Å². The first-order chi connectivity index (χ1) is 14.8. The molecule has 0 saturated carbocycles. The molecule has 5 rings (SSSR count). The van der Waals surface area contributed by atoms with Crippen molar-refractivity contribution in [1.82, 2.24) is 24.1 Å². The Hall–Kier alpha value is -1.36. The van der Waals surface area contributed by atoms with Crippen molar-refractivity contribution in [3.05, 3.63) is 44.7 Å². The van der Waals surface area contributed by atoms with Crippen LogP contribution in [-0.2, 0) is 24.5 Å². The van der Waals surface area contributed by atoms with Crippen molar-refractivity contribution >= 4 is 34.9 Å². The molecular weight excluding hydrogens is 434 g/mol. The highest BCUT2D eigenvalue weighted by Gasteiger charge is 2.23. The second kappa shape index (κ2) is 9.42. The molecule has 0 aliphatic carbocycles. The number of ether oxygens (including phenoxy) is 1. The van der Waals surface area contributed by atoms with Gasteiger partial charge < -0.3 is 4.74 Å². The van der Waals surface area contributed by atoms with Gasteiger partial charge in [-0.05, 0) is 58.9 Å². The molecule has 0 aromatic carbocycles. The topological polar surface area (TPSA) is 38.5 Å². The number of thiophene rings is 2. The highest BCUT2D eigenvalue weighted by Crippen LogP contribution is 2.26. The normalized spacial score (nSPS) is 20.9. The van der Waals surface area contributed by atoms with Crippen molar-refractivity contribution < 1.29 is 4.74 Å². The summed E-state index contributed by atoms with van der Waals surface area (Å²) >= 11 is 9.36. The van der Waals surface area contributed by atoms with Crippen LogP contribution in [0.1, 0.15) is 18.4 Å². The van der Waals surface area contributed by atoms with Crippen molar-refractivity contribution in [2.75, 3.05) is 32.8 Å². The van der Waals surface area contributed by atoms with Gasteiger partial charge in [-0.3, -0.25) is 14.4 Å². The van der Waals surface area contributed by atoms with Gasteiger partial charge >= 0.3 is 0 Å². The van der Waals surface area contributed by atoms with Gasteiger partial charge in [0, 0.05) is 39.3 Å². The lowest BCUT2D eigenvalue weighted by Crippen LogP contribution is -2.46. The Bertz CT molecular complexity index is 981. The first-order valence-corrected chi connectivity index (χ1v) is 12.8. The molecular formula is C21H27N5OS3. The maximum atomic E-state index is 5.88. The Kier molecular flexibility index (Phi) is 6.45. The lowest BCUT2D eigenvalue weighted by Gasteiger charge is -2.34. The minimum Gasteiger partial charge on any atom is -0.376 e. The molecule has 6 nitrogen and oxygen atoms in total. The van der Waals surface area contributed by atoms with Gasteiger partial charge in [0.1, 0.15) is 0 Å². The van der Waals surface area contributed by atoms with Crippen LogP contribution in [0.4, 0.5) is 0 Å². The smallest absolute Gasteiger partial charge is 0.199 e. The van der Waals surface area contributed by atoms with Crippen molar-refractivity contribution in [2.24, 2.45) is 0 Å². The minimum atomic E-state index is 0.244.